The molecule has 1 aliphatic heterocycles. The van der Waals surface area contributed by atoms with Gasteiger partial charge in [-0.15, -0.1) is 0 Å². The largest absolute Gasteiger partial charge is 0.461 e. The molecule has 0 saturated heterocycles. The van der Waals surface area contributed by atoms with Crippen molar-refractivity contribution in [2.75, 3.05) is 26.9 Å². The second-order valence-electron chi connectivity index (χ2n) is 7.18. The molecular formula is C21H26N4O5. The Kier molecular flexibility index (Phi) is 6.51. The Balaban J connectivity index is 1.88. The van der Waals surface area contributed by atoms with Crippen LogP contribution in [-0.4, -0.2) is 64.9 Å². The van der Waals surface area contributed by atoms with Crippen LogP contribution in [0.1, 0.15) is 40.4 Å². The van der Waals surface area contributed by atoms with Gasteiger partial charge in [0.25, 0.3) is 5.91 Å². The van der Waals surface area contributed by atoms with E-state index in [2.05, 4.69) is 10.4 Å². The number of benzene rings is 1. The van der Waals surface area contributed by atoms with E-state index in [4.69, 9.17) is 9.47 Å². The average molecular weight is 414 g/mol. The fraction of sp³-hybridized carbons (Fsp3) is 0.429. The number of ether oxygens (including phenoxy) is 2. The highest BCUT2D eigenvalue weighted by molar-refractivity contribution is 6.01. The van der Waals surface area contributed by atoms with Gasteiger partial charge < -0.3 is 19.7 Å². The third-order valence-electron chi connectivity index (χ3n) is 5.09. The Morgan fingerprint density at radius 2 is 2.00 bits per heavy atom. The van der Waals surface area contributed by atoms with Gasteiger partial charge in [0, 0.05) is 26.3 Å². The Morgan fingerprint density at radius 1 is 1.27 bits per heavy atom. The van der Waals surface area contributed by atoms with Crippen molar-refractivity contribution in [2.24, 2.45) is 0 Å². The third-order valence-corrected chi connectivity index (χ3v) is 5.09. The fourth-order valence-corrected chi connectivity index (χ4v) is 3.45. The maximum Gasteiger partial charge on any atom is 0.358 e. The molecule has 1 N–H and O–H groups in total. The maximum atomic E-state index is 13.2. The normalized spacial score (nSPS) is 18.1. The molecular weight excluding hydrogens is 388 g/mol. The van der Waals surface area contributed by atoms with Crippen molar-refractivity contribution in [2.45, 2.75) is 32.5 Å². The molecule has 0 radical (unpaired) electrons. The van der Waals surface area contributed by atoms with Crippen LogP contribution in [-0.2, 0) is 27.4 Å². The highest BCUT2D eigenvalue weighted by Crippen LogP contribution is 2.27. The molecule has 1 atom stereocenters. The summed E-state index contributed by atoms with van der Waals surface area (Å²) < 4.78 is 11.5. The van der Waals surface area contributed by atoms with Gasteiger partial charge in [0.15, 0.2) is 5.69 Å². The number of esters is 1. The first-order valence-corrected chi connectivity index (χ1v) is 9.78. The Labute approximate surface area is 174 Å². The lowest BCUT2D eigenvalue weighted by molar-refractivity contribution is -0.133. The number of amides is 2. The van der Waals surface area contributed by atoms with Crippen molar-refractivity contribution in [3.63, 3.8) is 0 Å². The van der Waals surface area contributed by atoms with E-state index in [1.54, 1.807) is 13.8 Å². The van der Waals surface area contributed by atoms with E-state index in [0.29, 0.717) is 6.54 Å². The van der Waals surface area contributed by atoms with Crippen molar-refractivity contribution in [3.05, 3.63) is 53.3 Å². The average Bonchev–Trinajstić information content (AvgIpc) is 3.17. The maximum absolute atomic E-state index is 13.2. The number of hydrogen-bond donors (Lipinski definition) is 1. The Bertz CT molecular complexity index is 927. The number of nitrogens with zero attached hydrogens (tertiary/aromatic N) is 3. The Hall–Kier alpha value is -3.20. The van der Waals surface area contributed by atoms with Crippen molar-refractivity contribution in [3.8, 4) is 0 Å². The van der Waals surface area contributed by atoms with Crippen LogP contribution in [0.2, 0.25) is 0 Å². The van der Waals surface area contributed by atoms with Crippen LogP contribution in [0.3, 0.4) is 0 Å². The zero-order valence-corrected chi connectivity index (χ0v) is 17.4. The summed E-state index contributed by atoms with van der Waals surface area (Å²) in [6.07, 6.45) is 0. The number of methoxy groups -OCH3 is 1. The predicted octanol–water partition coefficient (Wildman–Crippen LogP) is 1.24. The molecule has 0 fully saturated rings. The molecule has 1 unspecified atom stereocenters. The molecule has 1 aromatic carbocycles. The number of carbonyl (C=O) groups excluding carboxylic acids is 3. The van der Waals surface area contributed by atoms with Crippen molar-refractivity contribution < 1.29 is 23.9 Å². The summed E-state index contributed by atoms with van der Waals surface area (Å²) in [6, 6.07) is 10.9. The van der Waals surface area contributed by atoms with Gasteiger partial charge in [-0.1, -0.05) is 30.3 Å². The van der Waals surface area contributed by atoms with Crippen molar-refractivity contribution in [1.82, 2.24) is 20.0 Å². The van der Waals surface area contributed by atoms with Crippen molar-refractivity contribution in [1.29, 1.82) is 0 Å². The van der Waals surface area contributed by atoms with Gasteiger partial charge in [-0.2, -0.15) is 5.10 Å². The van der Waals surface area contributed by atoms with Gasteiger partial charge in [0.1, 0.15) is 11.2 Å². The molecule has 0 bridgehead atoms. The van der Waals surface area contributed by atoms with E-state index < -0.39 is 17.4 Å². The summed E-state index contributed by atoms with van der Waals surface area (Å²) in [6.45, 7) is 4.53. The SMILES string of the molecule is CCOC(=O)c1cc2n(n1)CC(C)(C(=O)NCc1ccccc1)N(CCOC)C2=O. The number of aromatic nitrogens is 2. The zero-order chi connectivity index (χ0) is 21.7. The molecule has 0 spiro atoms. The minimum absolute atomic E-state index is 0.0424. The minimum Gasteiger partial charge on any atom is -0.461 e. The topological polar surface area (TPSA) is 103 Å². The van der Waals surface area contributed by atoms with Crippen LogP contribution in [0, 0.1) is 0 Å². The monoisotopic (exact) mass is 414 g/mol. The fourth-order valence-electron chi connectivity index (χ4n) is 3.45. The molecule has 160 valence electrons. The summed E-state index contributed by atoms with van der Waals surface area (Å²) in [4.78, 5) is 39.9. The van der Waals surface area contributed by atoms with Gasteiger partial charge in [0.2, 0.25) is 5.91 Å². The molecule has 0 saturated carbocycles. The number of fused-ring (bicyclic) bond motifs is 1. The molecule has 1 aliphatic rings. The van der Waals surface area contributed by atoms with Gasteiger partial charge >= 0.3 is 5.97 Å². The van der Waals surface area contributed by atoms with E-state index in [0.717, 1.165) is 5.56 Å². The first-order chi connectivity index (χ1) is 14.4. The lowest BCUT2D eigenvalue weighted by Crippen LogP contribution is -2.64. The zero-order valence-electron chi connectivity index (χ0n) is 17.4. The first-order valence-electron chi connectivity index (χ1n) is 9.78. The molecule has 1 aromatic heterocycles. The third kappa shape index (κ3) is 4.20. The second-order valence-corrected chi connectivity index (χ2v) is 7.18. The minimum atomic E-state index is -1.20. The molecule has 2 heterocycles. The van der Waals surface area contributed by atoms with Gasteiger partial charge in [-0.3, -0.25) is 14.3 Å². The molecule has 9 nitrogen and oxygen atoms in total. The van der Waals surface area contributed by atoms with Crippen LogP contribution in [0.4, 0.5) is 0 Å². The van der Waals surface area contributed by atoms with E-state index in [1.807, 2.05) is 30.3 Å². The van der Waals surface area contributed by atoms with Crippen molar-refractivity contribution >= 4 is 17.8 Å². The summed E-state index contributed by atoms with van der Waals surface area (Å²) in [5, 5.41) is 7.12. The summed E-state index contributed by atoms with van der Waals surface area (Å²) in [5.74, 6) is -1.31. The van der Waals surface area contributed by atoms with Crippen LogP contribution >= 0.6 is 0 Å². The smallest absolute Gasteiger partial charge is 0.358 e. The summed E-state index contributed by atoms with van der Waals surface area (Å²) in [7, 11) is 1.53. The highest BCUT2D eigenvalue weighted by atomic mass is 16.5. The van der Waals surface area contributed by atoms with Crippen LogP contribution in [0.5, 0.6) is 0 Å². The number of hydrogen-bond acceptors (Lipinski definition) is 6. The van der Waals surface area contributed by atoms with Crippen LogP contribution in [0.25, 0.3) is 0 Å². The molecule has 3 rings (SSSR count). The molecule has 2 amide bonds. The van der Waals surface area contributed by atoms with E-state index in [1.165, 1.54) is 22.8 Å². The molecule has 30 heavy (non-hydrogen) atoms. The Morgan fingerprint density at radius 3 is 2.67 bits per heavy atom. The standard InChI is InChI=1S/C21H26N4O5/c1-4-30-19(27)16-12-17-18(26)24(10-11-29-3)21(2,14-25(17)23-16)20(28)22-13-15-8-6-5-7-9-15/h5-9,12H,4,10-11,13-14H2,1-3H3,(H,22,28). The van der Waals surface area contributed by atoms with Gasteiger partial charge in [0.05, 0.1) is 19.8 Å². The molecule has 9 heteroatoms. The number of nitrogens with one attached hydrogen (secondary N) is 1. The quantitative estimate of drug-likeness (QED) is 0.652. The second kappa shape index (κ2) is 9.08. The number of carbonyl (C=O) groups is 3. The van der Waals surface area contributed by atoms with Gasteiger partial charge in [-0.05, 0) is 19.4 Å². The van der Waals surface area contributed by atoms with Crippen LogP contribution in [0.15, 0.2) is 36.4 Å². The van der Waals surface area contributed by atoms with Gasteiger partial charge in [-0.25, -0.2) is 4.79 Å². The summed E-state index contributed by atoms with van der Waals surface area (Å²) >= 11 is 0. The summed E-state index contributed by atoms with van der Waals surface area (Å²) in [5.41, 5.74) is 0.0303. The molecule has 2 aromatic rings. The highest BCUT2D eigenvalue weighted by Gasteiger charge is 2.48. The van der Waals surface area contributed by atoms with Crippen LogP contribution < -0.4 is 5.32 Å². The van der Waals surface area contributed by atoms with E-state index >= 15 is 0 Å². The lowest BCUT2D eigenvalue weighted by Gasteiger charge is -2.43. The van der Waals surface area contributed by atoms with E-state index in [9.17, 15) is 14.4 Å². The molecule has 0 aliphatic carbocycles. The lowest BCUT2D eigenvalue weighted by atomic mass is 9.95. The number of rotatable bonds is 8. The van der Waals surface area contributed by atoms with E-state index in [-0.39, 0.29) is 43.6 Å². The predicted molar refractivity (Wildman–Crippen MR) is 108 cm³/mol. The first kappa shape index (κ1) is 21.5.